The van der Waals surface area contributed by atoms with Crippen LogP contribution in [-0.2, 0) is 4.74 Å². The summed E-state index contributed by atoms with van der Waals surface area (Å²) < 4.78 is 11.7. The van der Waals surface area contributed by atoms with Crippen molar-refractivity contribution in [1.82, 2.24) is 25.1 Å². The van der Waals surface area contributed by atoms with Crippen molar-refractivity contribution >= 4 is 28.7 Å². The molecular weight excluding hydrogens is 382 g/mol. The zero-order valence-corrected chi connectivity index (χ0v) is 16.3. The minimum absolute atomic E-state index is 0.500. The van der Waals surface area contributed by atoms with Gasteiger partial charge < -0.3 is 19.4 Å². The summed E-state index contributed by atoms with van der Waals surface area (Å²) in [5, 5.41) is 10.7. The predicted molar refractivity (Wildman–Crippen MR) is 112 cm³/mol. The smallest absolute Gasteiger partial charge is 0.231 e. The van der Waals surface area contributed by atoms with Crippen LogP contribution in [0.25, 0.3) is 22.4 Å². The lowest BCUT2D eigenvalue weighted by Crippen LogP contribution is -2.37. The fourth-order valence-electron chi connectivity index (χ4n) is 3.74. The molecule has 4 aromatic heterocycles. The Morgan fingerprint density at radius 2 is 1.90 bits per heavy atom. The summed E-state index contributed by atoms with van der Waals surface area (Å²) in [4.78, 5) is 15.7. The molecule has 1 saturated heterocycles. The Bertz CT molecular complexity index is 1180. The second-order valence-electron chi connectivity index (χ2n) is 7.64. The van der Waals surface area contributed by atoms with Crippen LogP contribution in [-0.4, -0.2) is 51.5 Å². The molecule has 4 aromatic rings. The van der Waals surface area contributed by atoms with Gasteiger partial charge in [0.1, 0.15) is 11.3 Å². The maximum Gasteiger partial charge on any atom is 0.231 e. The number of ether oxygens (including phenoxy) is 1. The van der Waals surface area contributed by atoms with Crippen molar-refractivity contribution in [2.75, 3.05) is 36.5 Å². The lowest BCUT2D eigenvalue weighted by Gasteiger charge is -2.27. The second-order valence-corrected chi connectivity index (χ2v) is 7.64. The number of nitrogens with zero attached hydrogens (tertiary/aromatic N) is 5. The molecule has 1 saturated carbocycles. The number of hydrogen-bond acceptors (Lipinski definition) is 8. The molecule has 0 unspecified atom stereocenters. The fraction of sp³-hybridized carbons (Fsp3) is 0.333. The highest BCUT2D eigenvalue weighted by atomic mass is 16.5. The highest BCUT2D eigenvalue weighted by Gasteiger charge is 2.26. The maximum absolute atomic E-state index is 6.20. The minimum Gasteiger partial charge on any atom is -0.450 e. The van der Waals surface area contributed by atoms with E-state index in [-0.39, 0.29) is 0 Å². The number of nitrogens with one attached hydrogen (secondary N) is 2. The summed E-state index contributed by atoms with van der Waals surface area (Å²) in [6.07, 6.45) is 5.94. The van der Waals surface area contributed by atoms with E-state index in [4.69, 9.17) is 19.1 Å². The van der Waals surface area contributed by atoms with Gasteiger partial charge in [0.15, 0.2) is 17.2 Å². The molecule has 152 valence electrons. The molecule has 5 heterocycles. The van der Waals surface area contributed by atoms with Gasteiger partial charge in [0, 0.05) is 54.8 Å². The summed E-state index contributed by atoms with van der Waals surface area (Å²) in [7, 11) is 0. The van der Waals surface area contributed by atoms with Crippen LogP contribution in [0, 0.1) is 0 Å². The van der Waals surface area contributed by atoms with E-state index >= 15 is 0 Å². The molecule has 30 heavy (non-hydrogen) atoms. The first-order valence-corrected chi connectivity index (χ1v) is 10.2. The molecular formula is C21H21N7O2. The van der Waals surface area contributed by atoms with Gasteiger partial charge in [0.25, 0.3) is 0 Å². The Morgan fingerprint density at radius 1 is 1.07 bits per heavy atom. The average Bonchev–Trinajstić information content (AvgIpc) is 3.39. The van der Waals surface area contributed by atoms with Crippen molar-refractivity contribution < 1.29 is 9.15 Å². The Hall–Kier alpha value is -3.46. The lowest BCUT2D eigenvalue weighted by atomic mass is 10.2. The molecule has 2 fully saturated rings. The zero-order valence-electron chi connectivity index (χ0n) is 16.3. The van der Waals surface area contributed by atoms with E-state index < -0.39 is 0 Å². The topological polar surface area (TPSA) is 105 Å². The molecule has 0 radical (unpaired) electrons. The number of aromatic nitrogens is 5. The van der Waals surface area contributed by atoms with Crippen LogP contribution < -0.4 is 10.2 Å². The van der Waals surface area contributed by atoms with Crippen LogP contribution in [0.3, 0.4) is 0 Å². The number of H-pyrrole nitrogens is 1. The Labute approximate surface area is 172 Å². The molecule has 6 rings (SSSR count). The van der Waals surface area contributed by atoms with Crippen molar-refractivity contribution in [1.29, 1.82) is 0 Å². The molecule has 0 bridgehead atoms. The zero-order chi connectivity index (χ0) is 19.9. The first kappa shape index (κ1) is 17.4. The first-order chi connectivity index (χ1) is 14.8. The number of anilines is 3. The summed E-state index contributed by atoms with van der Waals surface area (Å²) in [5.74, 6) is 3.34. The van der Waals surface area contributed by atoms with E-state index in [1.165, 1.54) is 12.8 Å². The van der Waals surface area contributed by atoms with Crippen LogP contribution in [0.4, 0.5) is 17.6 Å². The lowest BCUT2D eigenvalue weighted by molar-refractivity contribution is 0.122. The monoisotopic (exact) mass is 403 g/mol. The van der Waals surface area contributed by atoms with Crippen molar-refractivity contribution in [3.8, 4) is 11.3 Å². The number of pyridine rings is 1. The quantitative estimate of drug-likeness (QED) is 0.522. The Balaban J connectivity index is 1.41. The summed E-state index contributed by atoms with van der Waals surface area (Å²) in [5.41, 5.74) is 3.54. The standard InChI is InChI=1S/C21H21N7O2/c1-2-13(1)15-12-18(27-26-15)24-21-23-16-11-17(14-3-5-22-6-4-14)30-19(16)20(25-21)28-7-9-29-10-8-28/h3-6,11-13H,1-2,7-10H2,(H2,23,24,25,26,27). The van der Waals surface area contributed by atoms with E-state index in [1.807, 2.05) is 24.3 Å². The summed E-state index contributed by atoms with van der Waals surface area (Å²) in [6, 6.07) is 7.82. The van der Waals surface area contributed by atoms with E-state index in [2.05, 4.69) is 25.4 Å². The second kappa shape index (κ2) is 7.10. The molecule has 1 aliphatic carbocycles. The number of aromatic amines is 1. The van der Waals surface area contributed by atoms with Crippen LogP contribution in [0.2, 0.25) is 0 Å². The van der Waals surface area contributed by atoms with Gasteiger partial charge >= 0.3 is 0 Å². The number of furan rings is 1. The highest BCUT2D eigenvalue weighted by Crippen LogP contribution is 2.40. The van der Waals surface area contributed by atoms with E-state index in [0.29, 0.717) is 30.7 Å². The number of fused-ring (bicyclic) bond motifs is 1. The van der Waals surface area contributed by atoms with Gasteiger partial charge in [-0.05, 0) is 25.0 Å². The third kappa shape index (κ3) is 3.26. The van der Waals surface area contributed by atoms with Crippen molar-refractivity contribution in [3.63, 3.8) is 0 Å². The largest absolute Gasteiger partial charge is 0.450 e. The normalized spacial score (nSPS) is 16.9. The van der Waals surface area contributed by atoms with Crippen LogP contribution in [0.15, 0.2) is 41.1 Å². The van der Waals surface area contributed by atoms with Crippen LogP contribution in [0.1, 0.15) is 24.5 Å². The van der Waals surface area contributed by atoms with Crippen molar-refractivity contribution in [2.45, 2.75) is 18.8 Å². The molecule has 0 amide bonds. The molecule has 1 aliphatic heterocycles. The molecule has 0 spiro atoms. The van der Waals surface area contributed by atoms with Gasteiger partial charge in [-0.25, -0.2) is 4.98 Å². The number of morpholine rings is 1. The Kier molecular flexibility index (Phi) is 4.12. The number of hydrogen-bond donors (Lipinski definition) is 2. The first-order valence-electron chi connectivity index (χ1n) is 10.2. The van der Waals surface area contributed by atoms with E-state index in [9.17, 15) is 0 Å². The van der Waals surface area contributed by atoms with Crippen molar-refractivity contribution in [3.05, 3.63) is 42.4 Å². The third-order valence-electron chi connectivity index (χ3n) is 5.48. The summed E-state index contributed by atoms with van der Waals surface area (Å²) >= 11 is 0. The predicted octanol–water partition coefficient (Wildman–Crippen LogP) is 3.47. The van der Waals surface area contributed by atoms with E-state index in [0.717, 1.165) is 47.3 Å². The van der Waals surface area contributed by atoms with Gasteiger partial charge in [-0.2, -0.15) is 10.1 Å². The van der Waals surface area contributed by atoms with E-state index in [1.54, 1.807) is 12.4 Å². The van der Waals surface area contributed by atoms with Gasteiger partial charge in [0.2, 0.25) is 5.95 Å². The number of rotatable bonds is 5. The molecule has 9 nitrogen and oxygen atoms in total. The highest BCUT2D eigenvalue weighted by molar-refractivity contribution is 5.89. The van der Waals surface area contributed by atoms with Gasteiger partial charge in [-0.15, -0.1) is 0 Å². The fourth-order valence-corrected chi connectivity index (χ4v) is 3.74. The molecule has 2 aliphatic rings. The van der Waals surface area contributed by atoms with Crippen molar-refractivity contribution in [2.24, 2.45) is 0 Å². The van der Waals surface area contributed by atoms with Gasteiger partial charge in [-0.1, -0.05) is 0 Å². The molecule has 2 N–H and O–H groups in total. The van der Waals surface area contributed by atoms with Gasteiger partial charge in [-0.3, -0.25) is 10.1 Å². The van der Waals surface area contributed by atoms with Crippen LogP contribution in [0.5, 0.6) is 0 Å². The third-order valence-corrected chi connectivity index (χ3v) is 5.48. The minimum atomic E-state index is 0.500. The summed E-state index contributed by atoms with van der Waals surface area (Å²) in [6.45, 7) is 2.84. The Morgan fingerprint density at radius 3 is 2.70 bits per heavy atom. The molecule has 0 aromatic carbocycles. The van der Waals surface area contributed by atoms with Crippen LogP contribution >= 0.6 is 0 Å². The maximum atomic E-state index is 6.20. The SMILES string of the molecule is c1cc(-c2cc3nc(Nc4cc(C5CC5)[nH]n4)nc(N4CCOCC4)c3o2)ccn1. The molecule has 0 atom stereocenters. The average molecular weight is 403 g/mol. The van der Waals surface area contributed by atoms with Gasteiger partial charge in [0.05, 0.1) is 13.2 Å². The molecule has 9 heteroatoms.